The van der Waals surface area contributed by atoms with Crippen LogP contribution >= 0.6 is 0 Å². The standard InChI is InChI=1S/C35H30N2O6S/c1-23-13-16-27(17-14-23)44(41,42)37(20-8-7-19-36-33(38)29-11-5-6-12-30(29)34(36)39)26-15-18-32-25(21-26)22-31(35(40)43-32)28-10-4-3-9-24(28)2/h3-6,9-18,21-22H,7-8,19-20H2,1-2H3. The molecule has 0 fully saturated rings. The van der Waals surface area contributed by atoms with Crippen LogP contribution in [0.15, 0.2) is 111 Å². The lowest BCUT2D eigenvalue weighted by molar-refractivity contribution is 0.0652. The fourth-order valence-electron chi connectivity index (χ4n) is 5.52. The quantitative estimate of drug-likeness (QED) is 0.110. The van der Waals surface area contributed by atoms with E-state index in [1.165, 1.54) is 9.21 Å². The van der Waals surface area contributed by atoms with Crippen molar-refractivity contribution in [3.63, 3.8) is 0 Å². The maximum Gasteiger partial charge on any atom is 0.344 e. The van der Waals surface area contributed by atoms with E-state index in [9.17, 15) is 22.8 Å². The van der Waals surface area contributed by atoms with Gasteiger partial charge in [-0.2, -0.15) is 0 Å². The van der Waals surface area contributed by atoms with Crippen LogP contribution in [-0.2, 0) is 10.0 Å². The number of carbonyl (C=O) groups excluding carboxylic acids is 2. The monoisotopic (exact) mass is 606 g/mol. The summed E-state index contributed by atoms with van der Waals surface area (Å²) in [5, 5.41) is 0.579. The Labute approximate surface area is 255 Å². The Hall–Kier alpha value is -5.02. The first-order valence-electron chi connectivity index (χ1n) is 14.3. The van der Waals surface area contributed by atoms with Crippen molar-refractivity contribution < 1.29 is 22.4 Å². The number of aryl methyl sites for hydroxylation is 2. The number of hydrogen-bond acceptors (Lipinski definition) is 6. The number of sulfonamides is 1. The molecule has 0 bridgehead atoms. The van der Waals surface area contributed by atoms with Crippen LogP contribution in [0.25, 0.3) is 22.1 Å². The number of nitrogens with zero attached hydrogens (tertiary/aromatic N) is 2. The van der Waals surface area contributed by atoms with E-state index in [4.69, 9.17) is 4.42 Å². The fraction of sp³-hybridized carbons (Fsp3) is 0.171. The summed E-state index contributed by atoms with van der Waals surface area (Å²) in [6.07, 6.45) is 0.792. The lowest BCUT2D eigenvalue weighted by Crippen LogP contribution is -2.34. The van der Waals surface area contributed by atoms with E-state index in [1.807, 2.05) is 38.1 Å². The number of fused-ring (bicyclic) bond motifs is 2. The molecular formula is C35H30N2O6S. The number of rotatable bonds is 9. The Bertz CT molecular complexity index is 2050. The van der Waals surface area contributed by atoms with E-state index in [0.29, 0.717) is 46.2 Å². The number of unbranched alkanes of at least 4 members (excludes halogenated alkanes) is 1. The Morgan fingerprint density at radius 3 is 2.00 bits per heavy atom. The second kappa shape index (κ2) is 11.6. The Morgan fingerprint density at radius 2 is 1.34 bits per heavy atom. The van der Waals surface area contributed by atoms with Gasteiger partial charge in [0, 0.05) is 18.5 Å². The first-order chi connectivity index (χ1) is 21.1. The summed E-state index contributed by atoms with van der Waals surface area (Å²) in [5.74, 6) is -0.676. The molecule has 0 atom stereocenters. The second-order valence-corrected chi connectivity index (χ2v) is 12.8. The molecule has 0 unspecified atom stereocenters. The molecule has 0 radical (unpaired) electrons. The predicted octanol–water partition coefficient (Wildman–Crippen LogP) is 6.35. The largest absolute Gasteiger partial charge is 0.422 e. The maximum atomic E-state index is 14.0. The van der Waals surface area contributed by atoms with Gasteiger partial charge in [0.05, 0.1) is 27.3 Å². The lowest BCUT2D eigenvalue weighted by atomic mass is 10.0. The Balaban J connectivity index is 1.31. The zero-order valence-electron chi connectivity index (χ0n) is 24.3. The van der Waals surface area contributed by atoms with Gasteiger partial charge < -0.3 is 4.42 Å². The summed E-state index contributed by atoms with van der Waals surface area (Å²) >= 11 is 0. The van der Waals surface area contributed by atoms with E-state index < -0.39 is 15.6 Å². The van der Waals surface area contributed by atoms with Gasteiger partial charge in [0.1, 0.15) is 5.58 Å². The van der Waals surface area contributed by atoms with Crippen LogP contribution in [0.2, 0.25) is 0 Å². The normalized spacial score (nSPS) is 13.0. The van der Waals surface area contributed by atoms with Crippen molar-refractivity contribution in [3.05, 3.63) is 130 Å². The highest BCUT2D eigenvalue weighted by atomic mass is 32.2. The van der Waals surface area contributed by atoms with Crippen LogP contribution < -0.4 is 9.93 Å². The number of carbonyl (C=O) groups is 2. The van der Waals surface area contributed by atoms with Gasteiger partial charge in [0.25, 0.3) is 21.8 Å². The fourth-order valence-corrected chi connectivity index (χ4v) is 7.02. The highest BCUT2D eigenvalue weighted by Crippen LogP contribution is 2.30. The van der Waals surface area contributed by atoms with Crippen molar-refractivity contribution in [2.24, 2.45) is 0 Å². The van der Waals surface area contributed by atoms with Gasteiger partial charge in [0.2, 0.25) is 0 Å². The minimum absolute atomic E-state index is 0.103. The van der Waals surface area contributed by atoms with Crippen LogP contribution in [0.3, 0.4) is 0 Å². The predicted molar refractivity (Wildman–Crippen MR) is 169 cm³/mol. The number of anilines is 1. The molecule has 0 saturated heterocycles. The minimum atomic E-state index is -3.99. The summed E-state index contributed by atoms with van der Waals surface area (Å²) in [5.41, 5.74) is 4.02. The molecule has 8 nitrogen and oxygen atoms in total. The average molecular weight is 607 g/mol. The van der Waals surface area contributed by atoms with Crippen molar-refractivity contribution in [2.75, 3.05) is 17.4 Å². The molecule has 5 aromatic rings. The number of amides is 2. The molecule has 2 heterocycles. The smallest absolute Gasteiger partial charge is 0.344 e. The van der Waals surface area contributed by atoms with Crippen molar-refractivity contribution >= 4 is 38.5 Å². The molecule has 9 heteroatoms. The molecule has 4 aromatic carbocycles. The Kier molecular flexibility index (Phi) is 7.65. The molecule has 0 aliphatic carbocycles. The topological polar surface area (TPSA) is 105 Å². The molecular weight excluding hydrogens is 576 g/mol. The van der Waals surface area contributed by atoms with Crippen LogP contribution in [0.4, 0.5) is 5.69 Å². The Morgan fingerprint density at radius 1 is 0.705 bits per heavy atom. The molecule has 6 rings (SSSR count). The molecule has 222 valence electrons. The molecule has 1 aliphatic heterocycles. The first-order valence-corrected chi connectivity index (χ1v) is 15.8. The van der Waals surface area contributed by atoms with Gasteiger partial charge in [-0.1, -0.05) is 54.1 Å². The third-order valence-electron chi connectivity index (χ3n) is 7.92. The van der Waals surface area contributed by atoms with E-state index in [-0.39, 0.29) is 29.8 Å². The summed E-state index contributed by atoms with van der Waals surface area (Å²) < 4.78 is 35.0. The molecule has 44 heavy (non-hydrogen) atoms. The van der Waals surface area contributed by atoms with Gasteiger partial charge in [-0.15, -0.1) is 0 Å². The first kappa shape index (κ1) is 29.1. The second-order valence-electron chi connectivity index (χ2n) is 10.9. The average Bonchev–Trinajstić information content (AvgIpc) is 3.26. The van der Waals surface area contributed by atoms with E-state index >= 15 is 0 Å². The third kappa shape index (κ3) is 5.31. The highest BCUT2D eigenvalue weighted by Gasteiger charge is 2.34. The van der Waals surface area contributed by atoms with Gasteiger partial charge in [-0.05, 0) is 86.3 Å². The van der Waals surface area contributed by atoms with Gasteiger partial charge >= 0.3 is 5.63 Å². The summed E-state index contributed by atoms with van der Waals surface area (Å²) in [6.45, 7) is 4.07. The van der Waals surface area contributed by atoms with E-state index in [2.05, 4.69) is 0 Å². The molecule has 0 N–H and O–H groups in total. The van der Waals surface area contributed by atoms with Crippen LogP contribution in [-0.4, -0.2) is 38.2 Å². The van der Waals surface area contributed by atoms with Crippen LogP contribution in [0.5, 0.6) is 0 Å². The van der Waals surface area contributed by atoms with Crippen molar-refractivity contribution in [1.29, 1.82) is 0 Å². The van der Waals surface area contributed by atoms with Crippen molar-refractivity contribution in [3.8, 4) is 11.1 Å². The molecule has 1 aliphatic rings. The highest BCUT2D eigenvalue weighted by molar-refractivity contribution is 7.92. The van der Waals surface area contributed by atoms with E-state index in [1.54, 1.807) is 72.8 Å². The van der Waals surface area contributed by atoms with Crippen molar-refractivity contribution in [1.82, 2.24) is 4.90 Å². The molecule has 2 amide bonds. The molecule has 0 saturated carbocycles. The number of hydrogen-bond donors (Lipinski definition) is 0. The summed E-state index contributed by atoms with van der Waals surface area (Å²) in [6, 6.07) is 27.5. The van der Waals surface area contributed by atoms with Crippen LogP contribution in [0.1, 0.15) is 44.7 Å². The van der Waals surface area contributed by atoms with Gasteiger partial charge in [-0.25, -0.2) is 13.2 Å². The maximum absolute atomic E-state index is 14.0. The van der Waals surface area contributed by atoms with Gasteiger partial charge in [0.15, 0.2) is 0 Å². The zero-order chi connectivity index (χ0) is 31.0. The summed E-state index contributed by atoms with van der Waals surface area (Å²) in [4.78, 5) is 39.8. The van der Waals surface area contributed by atoms with Gasteiger partial charge in [-0.3, -0.25) is 18.8 Å². The summed E-state index contributed by atoms with van der Waals surface area (Å²) in [7, 11) is -3.99. The van der Waals surface area contributed by atoms with Crippen LogP contribution in [0, 0.1) is 13.8 Å². The SMILES string of the molecule is Cc1ccc(S(=O)(=O)N(CCCCN2C(=O)c3ccccc3C2=O)c2ccc3oc(=O)c(-c4ccccc4C)cc3c2)cc1. The third-order valence-corrected chi connectivity index (χ3v) is 9.76. The molecule has 0 spiro atoms. The lowest BCUT2D eigenvalue weighted by Gasteiger charge is -2.25. The number of benzene rings is 4. The van der Waals surface area contributed by atoms with Crippen molar-refractivity contribution in [2.45, 2.75) is 31.6 Å². The molecule has 1 aromatic heterocycles. The minimum Gasteiger partial charge on any atom is -0.422 e. The zero-order valence-corrected chi connectivity index (χ0v) is 25.1. The number of imide groups is 1. The van der Waals surface area contributed by atoms with E-state index in [0.717, 1.165) is 16.7 Å².